The molecule has 1 unspecified atom stereocenters. The van der Waals surface area contributed by atoms with Gasteiger partial charge in [-0.3, -0.25) is 9.48 Å². The van der Waals surface area contributed by atoms with Crippen LogP contribution in [0.4, 0.5) is 4.79 Å². The molecular formula is C9H11IN4O4. The summed E-state index contributed by atoms with van der Waals surface area (Å²) in [4.78, 5) is 23.5. The normalized spacial score (nSPS) is 18.6. The van der Waals surface area contributed by atoms with E-state index in [1.165, 1.54) is 4.68 Å². The molecule has 0 radical (unpaired) electrons. The molecule has 9 heteroatoms. The summed E-state index contributed by atoms with van der Waals surface area (Å²) in [5.74, 6) is -0.649. The van der Waals surface area contributed by atoms with E-state index in [1.807, 2.05) is 22.6 Å². The SMILES string of the molecule is NC(=O)c1c(I)nn2c1CN(C(=O)O)CC2CO. The Morgan fingerprint density at radius 1 is 1.56 bits per heavy atom. The Morgan fingerprint density at radius 2 is 2.22 bits per heavy atom. The molecular weight excluding hydrogens is 355 g/mol. The molecule has 4 N–H and O–H groups in total. The van der Waals surface area contributed by atoms with Crippen LogP contribution in [0.5, 0.6) is 0 Å². The van der Waals surface area contributed by atoms with Gasteiger partial charge >= 0.3 is 6.09 Å². The van der Waals surface area contributed by atoms with Gasteiger partial charge < -0.3 is 20.8 Å². The van der Waals surface area contributed by atoms with Crippen molar-refractivity contribution < 1.29 is 19.8 Å². The zero-order chi connectivity index (χ0) is 13.4. The topological polar surface area (TPSA) is 122 Å². The quantitative estimate of drug-likeness (QED) is 0.616. The van der Waals surface area contributed by atoms with Gasteiger partial charge in [-0.15, -0.1) is 0 Å². The largest absolute Gasteiger partial charge is 0.465 e. The summed E-state index contributed by atoms with van der Waals surface area (Å²) in [5, 5.41) is 22.4. The molecule has 0 aliphatic carbocycles. The lowest BCUT2D eigenvalue weighted by Crippen LogP contribution is -2.42. The van der Waals surface area contributed by atoms with E-state index in [0.29, 0.717) is 9.39 Å². The fourth-order valence-corrected chi connectivity index (χ4v) is 2.80. The van der Waals surface area contributed by atoms with E-state index in [0.717, 1.165) is 4.90 Å². The van der Waals surface area contributed by atoms with Gasteiger partial charge in [0.25, 0.3) is 5.91 Å². The molecule has 0 saturated carbocycles. The number of nitrogens with zero attached hydrogens (tertiary/aromatic N) is 3. The van der Waals surface area contributed by atoms with E-state index < -0.39 is 18.0 Å². The molecule has 0 fully saturated rings. The van der Waals surface area contributed by atoms with E-state index in [2.05, 4.69) is 5.10 Å². The van der Waals surface area contributed by atoms with Crippen LogP contribution in [-0.4, -0.2) is 50.0 Å². The number of hydrogen-bond donors (Lipinski definition) is 3. The minimum Gasteiger partial charge on any atom is -0.465 e. The average Bonchev–Trinajstić information content (AvgIpc) is 2.63. The van der Waals surface area contributed by atoms with Crippen LogP contribution < -0.4 is 5.73 Å². The first-order valence-electron chi connectivity index (χ1n) is 5.11. The van der Waals surface area contributed by atoms with Gasteiger partial charge in [-0.2, -0.15) is 5.10 Å². The van der Waals surface area contributed by atoms with E-state index in [4.69, 9.17) is 10.8 Å². The number of carbonyl (C=O) groups is 2. The molecule has 2 heterocycles. The van der Waals surface area contributed by atoms with Gasteiger partial charge in [-0.1, -0.05) is 0 Å². The number of primary amides is 1. The first-order valence-corrected chi connectivity index (χ1v) is 6.19. The third-order valence-corrected chi connectivity index (χ3v) is 3.57. The van der Waals surface area contributed by atoms with Gasteiger partial charge in [0.05, 0.1) is 30.5 Å². The number of halogens is 1. The van der Waals surface area contributed by atoms with Crippen molar-refractivity contribution in [3.05, 3.63) is 15.0 Å². The number of nitrogens with two attached hydrogens (primary N) is 1. The van der Waals surface area contributed by atoms with E-state index in [9.17, 15) is 14.7 Å². The third-order valence-electron chi connectivity index (χ3n) is 2.81. The Balaban J connectivity index is 2.51. The lowest BCUT2D eigenvalue weighted by Gasteiger charge is -2.31. The summed E-state index contributed by atoms with van der Waals surface area (Å²) in [6, 6.07) is -0.494. The van der Waals surface area contributed by atoms with E-state index in [-0.39, 0.29) is 25.3 Å². The molecule has 0 saturated heterocycles. The van der Waals surface area contributed by atoms with Gasteiger partial charge in [-0.05, 0) is 22.6 Å². The Kier molecular flexibility index (Phi) is 3.43. The van der Waals surface area contributed by atoms with E-state index in [1.54, 1.807) is 0 Å². The predicted molar refractivity (Wildman–Crippen MR) is 68.0 cm³/mol. The highest BCUT2D eigenvalue weighted by molar-refractivity contribution is 14.1. The molecule has 1 aliphatic rings. The van der Waals surface area contributed by atoms with Gasteiger partial charge in [0.15, 0.2) is 0 Å². The molecule has 2 rings (SSSR count). The molecule has 0 bridgehead atoms. The molecule has 0 aromatic carbocycles. The Labute approximate surface area is 115 Å². The molecule has 1 aromatic heterocycles. The maximum Gasteiger partial charge on any atom is 0.407 e. The van der Waals surface area contributed by atoms with Crippen LogP contribution >= 0.6 is 22.6 Å². The molecule has 1 aromatic rings. The number of rotatable bonds is 2. The first kappa shape index (κ1) is 13.1. The highest BCUT2D eigenvalue weighted by atomic mass is 127. The zero-order valence-corrected chi connectivity index (χ0v) is 11.4. The van der Waals surface area contributed by atoms with Crippen LogP contribution in [0, 0.1) is 3.70 Å². The van der Waals surface area contributed by atoms with Crippen molar-refractivity contribution >= 4 is 34.6 Å². The van der Waals surface area contributed by atoms with Gasteiger partial charge in [0.2, 0.25) is 0 Å². The predicted octanol–water partition coefficient (Wildman–Crippen LogP) is -0.386. The number of fused-ring (bicyclic) bond motifs is 1. The maximum atomic E-state index is 11.4. The van der Waals surface area contributed by atoms with Crippen molar-refractivity contribution in [1.82, 2.24) is 14.7 Å². The highest BCUT2D eigenvalue weighted by Gasteiger charge is 2.33. The van der Waals surface area contributed by atoms with Crippen LogP contribution in [0.2, 0.25) is 0 Å². The van der Waals surface area contributed by atoms with E-state index >= 15 is 0 Å². The number of amides is 2. The highest BCUT2D eigenvalue weighted by Crippen LogP contribution is 2.26. The molecule has 8 nitrogen and oxygen atoms in total. The second kappa shape index (κ2) is 4.72. The lowest BCUT2D eigenvalue weighted by atomic mass is 10.1. The van der Waals surface area contributed by atoms with Crippen LogP contribution in [0.15, 0.2) is 0 Å². The summed E-state index contributed by atoms with van der Waals surface area (Å²) in [7, 11) is 0. The summed E-state index contributed by atoms with van der Waals surface area (Å²) < 4.78 is 1.90. The number of carbonyl (C=O) groups excluding carboxylic acids is 1. The monoisotopic (exact) mass is 366 g/mol. The fourth-order valence-electron chi connectivity index (χ4n) is 1.99. The lowest BCUT2D eigenvalue weighted by molar-refractivity contribution is 0.0955. The number of hydrogen-bond acceptors (Lipinski definition) is 4. The van der Waals surface area contributed by atoms with Gasteiger partial charge in [-0.25, -0.2) is 4.79 Å². The smallest absolute Gasteiger partial charge is 0.407 e. The molecule has 98 valence electrons. The summed E-state index contributed by atoms with van der Waals surface area (Å²) >= 11 is 1.87. The van der Waals surface area contributed by atoms with Crippen LogP contribution in [0.1, 0.15) is 22.1 Å². The Hall–Kier alpha value is -1.36. The number of aromatic nitrogens is 2. The maximum absolute atomic E-state index is 11.4. The average molecular weight is 366 g/mol. The fraction of sp³-hybridized carbons (Fsp3) is 0.444. The second-order valence-electron chi connectivity index (χ2n) is 3.92. The van der Waals surface area contributed by atoms with Gasteiger partial charge in [0.1, 0.15) is 3.70 Å². The van der Waals surface area contributed by atoms with Crippen molar-refractivity contribution in [2.45, 2.75) is 12.6 Å². The summed E-state index contributed by atoms with van der Waals surface area (Å²) in [5.41, 5.74) is 5.92. The summed E-state index contributed by atoms with van der Waals surface area (Å²) in [6.07, 6.45) is -1.11. The van der Waals surface area contributed by atoms with Crippen LogP contribution in [0.3, 0.4) is 0 Å². The molecule has 0 spiro atoms. The van der Waals surface area contributed by atoms with Gasteiger partial charge in [0, 0.05) is 6.54 Å². The molecule has 1 aliphatic heterocycles. The second-order valence-corrected chi connectivity index (χ2v) is 4.94. The number of carboxylic acid groups (broad SMARTS) is 1. The Morgan fingerprint density at radius 3 is 2.72 bits per heavy atom. The molecule has 2 amide bonds. The van der Waals surface area contributed by atoms with Crippen molar-refractivity contribution in [2.75, 3.05) is 13.2 Å². The number of aliphatic hydroxyl groups is 1. The summed E-state index contributed by atoms with van der Waals surface area (Å²) in [6.45, 7) is -0.0817. The minimum atomic E-state index is -1.11. The number of aliphatic hydroxyl groups excluding tert-OH is 1. The van der Waals surface area contributed by atoms with Crippen molar-refractivity contribution in [1.29, 1.82) is 0 Å². The van der Waals surface area contributed by atoms with Crippen molar-refractivity contribution in [2.24, 2.45) is 5.73 Å². The minimum absolute atomic E-state index is 0.0418. The van der Waals surface area contributed by atoms with Crippen LogP contribution in [0.25, 0.3) is 0 Å². The van der Waals surface area contributed by atoms with Crippen molar-refractivity contribution in [3.63, 3.8) is 0 Å². The van der Waals surface area contributed by atoms with Crippen LogP contribution in [-0.2, 0) is 6.54 Å². The third kappa shape index (κ3) is 2.03. The standard InChI is InChI=1S/C9H11IN4O4/c10-7-6(8(11)16)5-2-13(9(17)18)1-4(3-15)14(5)12-7/h4,15H,1-3H2,(H2,11,16)(H,17,18). The zero-order valence-electron chi connectivity index (χ0n) is 9.21. The molecule has 1 atom stereocenters. The molecule has 18 heavy (non-hydrogen) atoms. The first-order chi connectivity index (χ1) is 8.45. The Bertz CT molecular complexity index is 515. The van der Waals surface area contributed by atoms with Crippen molar-refractivity contribution in [3.8, 4) is 0 Å².